The molecule has 0 aliphatic heterocycles. The molecule has 2 aromatic rings. The number of phenols is 1. The number of phenolic OH excluding ortho intramolecular Hbond substituents is 1. The molecule has 0 aliphatic carbocycles. The maximum Gasteiger partial charge on any atom is 0.277 e. The first kappa shape index (κ1) is 20.9. The van der Waals surface area contributed by atoms with Crippen molar-refractivity contribution < 1.29 is 19.4 Å². The van der Waals surface area contributed by atoms with Crippen LogP contribution in [0, 0.1) is 13.8 Å². The molecular formula is C19H20Cl2N2O4. The molecular weight excluding hydrogens is 391 g/mol. The van der Waals surface area contributed by atoms with Gasteiger partial charge in [-0.3, -0.25) is 4.79 Å². The maximum atomic E-state index is 11.9. The van der Waals surface area contributed by atoms with Crippen LogP contribution in [0.4, 0.5) is 0 Å². The topological polar surface area (TPSA) is 80.2 Å². The molecule has 2 aromatic carbocycles. The SMILES string of the molecule is CCOc1cc(Cl)c(Cl)c(/C=N\NC(=O)COc2cccc(C)c2C)c1O. The van der Waals surface area contributed by atoms with Crippen LogP contribution >= 0.6 is 23.2 Å². The summed E-state index contributed by atoms with van der Waals surface area (Å²) >= 11 is 12.1. The van der Waals surface area contributed by atoms with E-state index in [-0.39, 0.29) is 33.7 Å². The van der Waals surface area contributed by atoms with E-state index in [1.54, 1.807) is 13.0 Å². The van der Waals surface area contributed by atoms with Crippen LogP contribution in [-0.4, -0.2) is 30.4 Å². The Morgan fingerprint density at radius 1 is 1.26 bits per heavy atom. The van der Waals surface area contributed by atoms with Gasteiger partial charge in [0.2, 0.25) is 0 Å². The van der Waals surface area contributed by atoms with Crippen molar-refractivity contribution in [2.45, 2.75) is 20.8 Å². The number of hydrazone groups is 1. The monoisotopic (exact) mass is 410 g/mol. The number of aryl methyl sites for hydroxylation is 1. The molecule has 0 spiro atoms. The number of ether oxygens (including phenoxy) is 2. The predicted molar refractivity (Wildman–Crippen MR) is 106 cm³/mol. The third-order valence-electron chi connectivity index (χ3n) is 3.79. The van der Waals surface area contributed by atoms with Crippen molar-refractivity contribution >= 4 is 35.3 Å². The van der Waals surface area contributed by atoms with E-state index in [0.29, 0.717) is 12.4 Å². The molecule has 0 atom stereocenters. The highest BCUT2D eigenvalue weighted by Gasteiger charge is 2.15. The molecule has 0 radical (unpaired) electrons. The van der Waals surface area contributed by atoms with Crippen LogP contribution in [-0.2, 0) is 4.79 Å². The van der Waals surface area contributed by atoms with Gasteiger partial charge in [0.1, 0.15) is 5.75 Å². The van der Waals surface area contributed by atoms with Crippen molar-refractivity contribution in [2.75, 3.05) is 13.2 Å². The molecule has 144 valence electrons. The van der Waals surface area contributed by atoms with Gasteiger partial charge in [0.15, 0.2) is 18.1 Å². The van der Waals surface area contributed by atoms with Crippen molar-refractivity contribution in [3.63, 3.8) is 0 Å². The third-order valence-corrected chi connectivity index (χ3v) is 4.59. The van der Waals surface area contributed by atoms with Gasteiger partial charge in [-0.15, -0.1) is 0 Å². The molecule has 6 nitrogen and oxygen atoms in total. The second kappa shape index (κ2) is 9.48. The van der Waals surface area contributed by atoms with E-state index in [1.165, 1.54) is 12.3 Å². The number of benzene rings is 2. The van der Waals surface area contributed by atoms with Crippen molar-refractivity contribution in [1.82, 2.24) is 5.43 Å². The van der Waals surface area contributed by atoms with Crippen LogP contribution in [0.1, 0.15) is 23.6 Å². The van der Waals surface area contributed by atoms with Gasteiger partial charge in [0.05, 0.1) is 28.4 Å². The molecule has 0 aromatic heterocycles. The highest BCUT2D eigenvalue weighted by Crippen LogP contribution is 2.39. The van der Waals surface area contributed by atoms with Crippen LogP contribution in [0.25, 0.3) is 0 Å². The Morgan fingerprint density at radius 3 is 2.70 bits per heavy atom. The summed E-state index contributed by atoms with van der Waals surface area (Å²) in [5.41, 5.74) is 4.49. The molecule has 0 heterocycles. The minimum Gasteiger partial charge on any atom is -0.504 e. The molecule has 0 saturated heterocycles. The summed E-state index contributed by atoms with van der Waals surface area (Å²) in [5, 5.41) is 14.3. The molecule has 0 saturated carbocycles. The Labute approximate surface area is 167 Å². The number of nitrogens with zero attached hydrogens (tertiary/aromatic N) is 1. The fraction of sp³-hybridized carbons (Fsp3) is 0.263. The summed E-state index contributed by atoms with van der Waals surface area (Å²) in [4.78, 5) is 11.9. The van der Waals surface area contributed by atoms with E-state index < -0.39 is 5.91 Å². The number of hydrogen-bond acceptors (Lipinski definition) is 5. The highest BCUT2D eigenvalue weighted by atomic mass is 35.5. The Bertz CT molecular complexity index is 869. The first-order valence-corrected chi connectivity index (χ1v) is 8.95. The zero-order valence-corrected chi connectivity index (χ0v) is 16.7. The number of hydrogen-bond donors (Lipinski definition) is 2. The van der Waals surface area contributed by atoms with Crippen molar-refractivity contribution in [3.8, 4) is 17.2 Å². The Morgan fingerprint density at radius 2 is 2.00 bits per heavy atom. The minimum absolute atomic E-state index is 0.0993. The summed E-state index contributed by atoms with van der Waals surface area (Å²) in [6.07, 6.45) is 1.20. The Balaban J connectivity index is 2.02. The summed E-state index contributed by atoms with van der Waals surface area (Å²) in [6, 6.07) is 7.02. The lowest BCUT2D eigenvalue weighted by Gasteiger charge is -2.11. The van der Waals surface area contributed by atoms with Gasteiger partial charge >= 0.3 is 0 Å². The predicted octanol–water partition coefficient (Wildman–Crippen LogP) is 4.24. The van der Waals surface area contributed by atoms with Crippen LogP contribution in [0.3, 0.4) is 0 Å². The molecule has 2 rings (SSSR count). The molecule has 1 amide bonds. The number of halogens is 2. The molecule has 2 N–H and O–H groups in total. The van der Waals surface area contributed by atoms with Crippen molar-refractivity contribution in [2.24, 2.45) is 5.10 Å². The van der Waals surface area contributed by atoms with Crippen LogP contribution in [0.15, 0.2) is 29.4 Å². The zero-order valence-electron chi connectivity index (χ0n) is 15.2. The lowest BCUT2D eigenvalue weighted by atomic mass is 10.1. The molecule has 27 heavy (non-hydrogen) atoms. The van der Waals surface area contributed by atoms with E-state index in [4.69, 9.17) is 32.7 Å². The van der Waals surface area contributed by atoms with E-state index in [9.17, 15) is 9.90 Å². The second-order valence-corrected chi connectivity index (χ2v) is 6.43. The standard InChI is InChI=1S/C19H20Cl2N2O4/c1-4-26-16-8-14(20)18(21)13(19(16)25)9-22-23-17(24)10-27-15-7-5-6-11(2)12(15)3/h5-9,25H,4,10H2,1-3H3,(H,23,24)/b22-9-. The maximum absolute atomic E-state index is 11.9. The van der Waals surface area contributed by atoms with Gasteiger partial charge in [-0.2, -0.15) is 5.10 Å². The fourth-order valence-electron chi connectivity index (χ4n) is 2.22. The number of nitrogens with one attached hydrogen (secondary N) is 1. The number of amides is 1. The summed E-state index contributed by atoms with van der Waals surface area (Å²) < 4.78 is 10.8. The average molecular weight is 411 g/mol. The summed E-state index contributed by atoms with van der Waals surface area (Å²) in [7, 11) is 0. The summed E-state index contributed by atoms with van der Waals surface area (Å²) in [5.74, 6) is 0.134. The van der Waals surface area contributed by atoms with E-state index in [2.05, 4.69) is 10.5 Å². The molecule has 0 fully saturated rings. The van der Waals surface area contributed by atoms with Crippen LogP contribution < -0.4 is 14.9 Å². The lowest BCUT2D eigenvalue weighted by molar-refractivity contribution is -0.123. The normalized spacial score (nSPS) is 10.9. The first-order chi connectivity index (χ1) is 12.8. The number of aromatic hydroxyl groups is 1. The van der Waals surface area contributed by atoms with E-state index >= 15 is 0 Å². The quantitative estimate of drug-likeness (QED) is 0.528. The fourth-order valence-corrected chi connectivity index (χ4v) is 2.61. The molecule has 0 bridgehead atoms. The van der Waals surface area contributed by atoms with Gasteiger partial charge in [-0.25, -0.2) is 5.43 Å². The third kappa shape index (κ3) is 5.28. The van der Waals surface area contributed by atoms with Gasteiger partial charge in [0.25, 0.3) is 5.91 Å². The lowest BCUT2D eigenvalue weighted by Crippen LogP contribution is -2.24. The smallest absolute Gasteiger partial charge is 0.277 e. The first-order valence-electron chi connectivity index (χ1n) is 8.19. The average Bonchev–Trinajstić information content (AvgIpc) is 2.64. The molecule has 0 aliphatic rings. The van der Waals surface area contributed by atoms with E-state index in [1.807, 2.05) is 26.0 Å². The minimum atomic E-state index is -0.463. The Hall–Kier alpha value is -2.44. The van der Waals surface area contributed by atoms with Gasteiger partial charge in [-0.05, 0) is 38.0 Å². The number of rotatable bonds is 7. The Kier molecular flexibility index (Phi) is 7.33. The molecule has 8 heteroatoms. The van der Waals surface area contributed by atoms with Crippen LogP contribution in [0.2, 0.25) is 10.0 Å². The van der Waals surface area contributed by atoms with Crippen molar-refractivity contribution in [1.29, 1.82) is 0 Å². The number of carbonyl (C=O) groups excluding carboxylic acids is 1. The van der Waals surface area contributed by atoms with Crippen LogP contribution in [0.5, 0.6) is 17.2 Å². The number of carbonyl (C=O) groups is 1. The molecule has 0 unspecified atom stereocenters. The van der Waals surface area contributed by atoms with Gasteiger partial charge in [-0.1, -0.05) is 35.3 Å². The second-order valence-electron chi connectivity index (χ2n) is 5.65. The highest BCUT2D eigenvalue weighted by molar-refractivity contribution is 6.43. The van der Waals surface area contributed by atoms with Gasteiger partial charge in [0, 0.05) is 6.07 Å². The van der Waals surface area contributed by atoms with E-state index in [0.717, 1.165) is 11.1 Å². The summed E-state index contributed by atoms with van der Waals surface area (Å²) in [6.45, 7) is 5.78. The van der Waals surface area contributed by atoms with Crippen molar-refractivity contribution in [3.05, 3.63) is 51.0 Å². The van der Waals surface area contributed by atoms with Gasteiger partial charge < -0.3 is 14.6 Å². The zero-order chi connectivity index (χ0) is 20.0. The largest absolute Gasteiger partial charge is 0.504 e.